The number of carbonyl (C=O) groups is 8. The second kappa shape index (κ2) is 22.3. The van der Waals surface area contributed by atoms with Crippen molar-refractivity contribution >= 4 is 76.1 Å². The van der Waals surface area contributed by atoms with Crippen LogP contribution in [0.2, 0.25) is 0 Å². The quantitative estimate of drug-likeness (QED) is 0.0466. The molecule has 0 radical (unpaired) electrons. The minimum Gasteiger partial charge on any atom is -0.356 e. The van der Waals surface area contributed by atoms with Crippen LogP contribution in [0.3, 0.4) is 0 Å². The lowest BCUT2D eigenvalue weighted by Crippen LogP contribution is -2.32. The first kappa shape index (κ1) is 50.6. The second-order valence-electron chi connectivity index (χ2n) is 16.5. The van der Waals surface area contributed by atoms with Crippen LogP contribution in [0.4, 0.5) is 28.8 Å². The molecule has 6 aromatic heterocycles. The summed E-state index contributed by atoms with van der Waals surface area (Å²) < 4.78 is 8.94. The normalized spacial score (nSPS) is 11.0. The number of imidazole rings is 3. The van der Waals surface area contributed by atoms with E-state index in [1.54, 1.807) is 82.1 Å². The standard InChI is InChI=1S/C44H56N18O8/c1-56(2)17-10-14-45-34(63)12-15-47-42(68)36-52-32(24-60(36)6)54-44(70)38-53-33(25-62(38)8)55-43(69)37-51-31(23-61(37)7)50-35(64)13-16-46-39(65)29-19-26(21-58(29)4)49-41(67)30-20-27(22-59(30)5)48-40(66)28-11-9-18-57(28)3/h9,11,18-25H,10,12-17H2,1-8H3,(H,45,63)(H,46,65)(H,47,68)(H,48,66)(H,49,67)(H,50,64)(H,54,70)(H,55,69). The monoisotopic (exact) mass is 964 g/mol. The Bertz CT molecular complexity index is 2940. The fourth-order valence-electron chi connectivity index (χ4n) is 7.03. The zero-order valence-electron chi connectivity index (χ0n) is 40.0. The first-order valence-electron chi connectivity index (χ1n) is 21.8. The largest absolute Gasteiger partial charge is 0.356 e. The molecule has 0 aromatic carbocycles. The zero-order valence-corrected chi connectivity index (χ0v) is 40.0. The molecule has 26 heteroatoms. The first-order valence-corrected chi connectivity index (χ1v) is 21.8. The molecule has 70 heavy (non-hydrogen) atoms. The number of nitrogens with zero attached hydrogens (tertiary/aromatic N) is 10. The lowest BCUT2D eigenvalue weighted by atomic mass is 10.3. The van der Waals surface area contributed by atoms with Crippen LogP contribution in [0.5, 0.6) is 0 Å². The van der Waals surface area contributed by atoms with E-state index in [1.807, 2.05) is 19.0 Å². The Morgan fingerprint density at radius 3 is 1.43 bits per heavy atom. The van der Waals surface area contributed by atoms with E-state index in [4.69, 9.17) is 0 Å². The van der Waals surface area contributed by atoms with Crippen LogP contribution < -0.4 is 42.5 Å². The van der Waals surface area contributed by atoms with Crippen molar-refractivity contribution in [3.05, 3.63) is 96.0 Å². The summed E-state index contributed by atoms with van der Waals surface area (Å²) in [7, 11) is 13.6. The third-order valence-electron chi connectivity index (χ3n) is 10.5. The predicted octanol–water partition coefficient (Wildman–Crippen LogP) is 0.858. The molecule has 6 heterocycles. The number of nitrogens with one attached hydrogen (secondary N) is 8. The highest BCUT2D eigenvalue weighted by molar-refractivity contribution is 6.08. The highest BCUT2D eigenvalue weighted by Crippen LogP contribution is 2.19. The molecule has 26 nitrogen and oxygen atoms in total. The molecular formula is C44H56N18O8. The molecule has 8 amide bonds. The minimum atomic E-state index is -0.693. The number of rotatable bonds is 21. The Morgan fingerprint density at radius 2 is 0.929 bits per heavy atom. The maximum absolute atomic E-state index is 13.2. The fraction of sp³-hybridized carbons (Fsp3) is 0.341. The van der Waals surface area contributed by atoms with E-state index in [-0.39, 0.29) is 84.1 Å². The topological polar surface area (TPSA) is 304 Å². The van der Waals surface area contributed by atoms with Crippen LogP contribution in [0.15, 0.2) is 61.4 Å². The van der Waals surface area contributed by atoms with Crippen LogP contribution in [0, 0.1) is 0 Å². The van der Waals surface area contributed by atoms with E-state index in [9.17, 15) is 38.4 Å². The van der Waals surface area contributed by atoms with Gasteiger partial charge in [-0.25, -0.2) is 15.0 Å². The molecule has 6 aromatic rings. The van der Waals surface area contributed by atoms with Crippen LogP contribution in [-0.2, 0) is 51.9 Å². The summed E-state index contributed by atoms with van der Waals surface area (Å²) >= 11 is 0. The summed E-state index contributed by atoms with van der Waals surface area (Å²) in [6.45, 7) is 1.41. The van der Waals surface area contributed by atoms with E-state index in [0.29, 0.717) is 23.6 Å². The highest BCUT2D eigenvalue weighted by Gasteiger charge is 2.23. The molecule has 6 rings (SSSR count). The summed E-state index contributed by atoms with van der Waals surface area (Å²) in [5.74, 6) is -3.92. The van der Waals surface area contributed by atoms with Gasteiger partial charge in [-0.05, 0) is 51.3 Å². The van der Waals surface area contributed by atoms with E-state index < -0.39 is 35.4 Å². The van der Waals surface area contributed by atoms with Gasteiger partial charge >= 0.3 is 0 Å². The van der Waals surface area contributed by atoms with Crippen molar-refractivity contribution in [3.63, 3.8) is 0 Å². The molecule has 0 saturated heterocycles. The minimum absolute atomic E-state index is 0.00305. The molecule has 0 aliphatic rings. The fourth-order valence-corrected chi connectivity index (χ4v) is 7.03. The Labute approximate surface area is 401 Å². The number of anilines is 5. The van der Waals surface area contributed by atoms with Gasteiger partial charge < -0.3 is 74.8 Å². The average Bonchev–Trinajstić information content (AvgIpc) is 4.16. The molecule has 0 saturated carbocycles. The molecular weight excluding hydrogens is 909 g/mol. The average molecular weight is 965 g/mol. The van der Waals surface area contributed by atoms with Crippen LogP contribution in [0.1, 0.15) is 82.6 Å². The van der Waals surface area contributed by atoms with E-state index in [0.717, 1.165) is 13.0 Å². The Morgan fingerprint density at radius 1 is 0.471 bits per heavy atom. The lowest BCUT2D eigenvalue weighted by Gasteiger charge is -2.10. The van der Waals surface area contributed by atoms with Gasteiger partial charge in [0, 0.05) is 112 Å². The van der Waals surface area contributed by atoms with Gasteiger partial charge in [0.2, 0.25) is 29.3 Å². The van der Waals surface area contributed by atoms with E-state index in [2.05, 4.69) is 57.5 Å². The SMILES string of the molecule is CN(C)CCCNC(=O)CCNC(=O)c1nc(NC(=O)c2nc(NC(=O)c3nc(NC(=O)CCNC(=O)c4cc(NC(=O)c5cc(NC(=O)c6cccn6C)cn5C)cn4C)cn3C)cn2C)cn1C. The highest BCUT2D eigenvalue weighted by atomic mass is 16.2. The number of amides is 8. The third kappa shape index (κ3) is 13.0. The summed E-state index contributed by atoms with van der Waals surface area (Å²) in [4.78, 5) is 118. The van der Waals surface area contributed by atoms with Crippen LogP contribution in [0.25, 0.3) is 0 Å². The van der Waals surface area contributed by atoms with Crippen molar-refractivity contribution in [2.45, 2.75) is 19.3 Å². The summed E-state index contributed by atoms with van der Waals surface area (Å²) in [5.41, 5.74) is 1.70. The van der Waals surface area contributed by atoms with Gasteiger partial charge in [0.25, 0.3) is 35.4 Å². The number of hydrogen-bond acceptors (Lipinski definition) is 12. The number of hydrogen-bond donors (Lipinski definition) is 8. The summed E-state index contributed by atoms with van der Waals surface area (Å²) in [5, 5.41) is 21.4. The van der Waals surface area contributed by atoms with Crippen molar-refractivity contribution in [1.82, 2.24) is 63.2 Å². The third-order valence-corrected chi connectivity index (χ3v) is 10.5. The molecule has 0 aliphatic carbocycles. The van der Waals surface area contributed by atoms with Gasteiger partial charge in [-0.1, -0.05) is 0 Å². The van der Waals surface area contributed by atoms with E-state index in [1.165, 1.54) is 49.0 Å². The molecule has 0 unspecified atom stereocenters. The molecule has 0 fully saturated rings. The van der Waals surface area contributed by atoms with Crippen LogP contribution in [-0.4, -0.2) is 135 Å². The predicted molar refractivity (Wildman–Crippen MR) is 256 cm³/mol. The number of carbonyl (C=O) groups excluding carboxylic acids is 8. The van der Waals surface area contributed by atoms with Crippen molar-refractivity contribution in [3.8, 4) is 0 Å². The smallest absolute Gasteiger partial charge is 0.292 e. The molecule has 0 aliphatic heterocycles. The zero-order chi connectivity index (χ0) is 50.8. The van der Waals surface area contributed by atoms with Gasteiger partial charge in [-0.15, -0.1) is 0 Å². The van der Waals surface area contributed by atoms with Gasteiger partial charge in [0.1, 0.15) is 17.1 Å². The Kier molecular flexibility index (Phi) is 16.1. The second-order valence-corrected chi connectivity index (χ2v) is 16.5. The first-order chi connectivity index (χ1) is 33.3. The van der Waals surface area contributed by atoms with Crippen molar-refractivity contribution in [2.75, 3.05) is 66.9 Å². The molecule has 0 atom stereocenters. The molecule has 8 N–H and O–H groups in total. The van der Waals surface area contributed by atoms with Gasteiger partial charge in [0.05, 0.1) is 11.4 Å². The lowest BCUT2D eigenvalue weighted by molar-refractivity contribution is -0.121. The summed E-state index contributed by atoms with van der Waals surface area (Å²) in [6.07, 6.45) is 9.94. The number of aryl methyl sites for hydroxylation is 6. The Hall–Kier alpha value is -8.81. The molecule has 370 valence electrons. The number of aromatic nitrogens is 9. The maximum atomic E-state index is 13.2. The molecule has 0 bridgehead atoms. The Balaban J connectivity index is 0.934. The van der Waals surface area contributed by atoms with Gasteiger partial charge in [0.15, 0.2) is 17.5 Å². The van der Waals surface area contributed by atoms with Crippen LogP contribution >= 0.6 is 0 Å². The summed E-state index contributed by atoms with van der Waals surface area (Å²) in [6, 6.07) is 6.45. The van der Waals surface area contributed by atoms with Crippen molar-refractivity contribution in [1.29, 1.82) is 0 Å². The van der Waals surface area contributed by atoms with E-state index >= 15 is 0 Å². The molecule has 0 spiro atoms. The van der Waals surface area contributed by atoms with Gasteiger partial charge in [-0.2, -0.15) is 0 Å². The van der Waals surface area contributed by atoms with Crippen molar-refractivity contribution in [2.24, 2.45) is 42.3 Å². The van der Waals surface area contributed by atoms with Crippen molar-refractivity contribution < 1.29 is 38.4 Å². The maximum Gasteiger partial charge on any atom is 0.292 e. The van der Waals surface area contributed by atoms with Gasteiger partial charge in [-0.3, -0.25) is 38.4 Å².